The second-order valence-electron chi connectivity index (χ2n) is 3.39. The van der Waals surface area contributed by atoms with Gasteiger partial charge in [0.05, 0.1) is 27.9 Å². The SMILES string of the molecule is CS(=O)(O)=Cc1ccccc1-n1ccnn1. The molecule has 5 nitrogen and oxygen atoms in total. The summed E-state index contributed by atoms with van der Waals surface area (Å²) >= 11 is 0. The van der Waals surface area contributed by atoms with Crippen LogP contribution in [0.2, 0.25) is 0 Å². The number of aromatic nitrogens is 3. The van der Waals surface area contributed by atoms with Gasteiger partial charge in [-0.25, -0.2) is 8.89 Å². The zero-order valence-corrected chi connectivity index (χ0v) is 9.46. The molecule has 2 rings (SSSR count). The Morgan fingerprint density at radius 2 is 2.19 bits per heavy atom. The monoisotopic (exact) mass is 237 g/mol. The van der Waals surface area contributed by atoms with Crippen molar-refractivity contribution in [2.75, 3.05) is 6.26 Å². The minimum absolute atomic E-state index is 0.656. The van der Waals surface area contributed by atoms with Crippen LogP contribution in [0.1, 0.15) is 5.56 Å². The van der Waals surface area contributed by atoms with Crippen LogP contribution in [0.25, 0.3) is 5.69 Å². The van der Waals surface area contributed by atoms with Crippen LogP contribution < -0.4 is 0 Å². The van der Waals surface area contributed by atoms with Crippen LogP contribution in [0, 0.1) is 0 Å². The molecule has 0 fully saturated rings. The molecule has 1 aromatic carbocycles. The molecule has 0 spiro atoms. The number of rotatable bonds is 2. The molecule has 0 saturated carbocycles. The summed E-state index contributed by atoms with van der Waals surface area (Å²) in [6.45, 7) is 0. The fraction of sp³-hybridized carbons (Fsp3) is 0.100. The summed E-state index contributed by atoms with van der Waals surface area (Å²) in [7, 11) is -2.93. The van der Waals surface area contributed by atoms with Crippen LogP contribution in [-0.2, 0) is 9.80 Å². The number of benzene rings is 1. The van der Waals surface area contributed by atoms with Crippen molar-refractivity contribution < 1.29 is 8.76 Å². The predicted molar refractivity (Wildman–Crippen MR) is 63.2 cm³/mol. The van der Waals surface area contributed by atoms with Gasteiger partial charge in [-0.3, -0.25) is 0 Å². The lowest BCUT2D eigenvalue weighted by Gasteiger charge is -2.05. The highest BCUT2D eigenvalue weighted by atomic mass is 32.2. The topological polar surface area (TPSA) is 68.0 Å². The fourth-order valence-corrected chi connectivity index (χ4v) is 2.04. The molecule has 0 aliphatic rings. The maximum Gasteiger partial charge on any atom is 0.0792 e. The number of para-hydroxylation sites is 1. The summed E-state index contributed by atoms with van der Waals surface area (Å²) in [6, 6.07) is 7.21. The Hall–Kier alpha value is -1.66. The molecule has 0 radical (unpaired) electrons. The molecule has 0 aliphatic heterocycles. The third-order valence-electron chi connectivity index (χ3n) is 1.95. The normalized spacial score (nSPS) is 14.4. The lowest BCUT2D eigenvalue weighted by atomic mass is 10.2. The molecule has 1 heterocycles. The van der Waals surface area contributed by atoms with Crippen LogP contribution in [0.15, 0.2) is 36.7 Å². The first kappa shape index (κ1) is 10.8. The van der Waals surface area contributed by atoms with Crippen LogP contribution in [-0.4, -0.2) is 35.4 Å². The van der Waals surface area contributed by atoms with Crippen molar-refractivity contribution in [3.63, 3.8) is 0 Å². The van der Waals surface area contributed by atoms with Gasteiger partial charge in [0.1, 0.15) is 0 Å². The Kier molecular flexibility index (Phi) is 2.76. The maximum absolute atomic E-state index is 11.3. The Bertz CT molecular complexity index is 590. The second-order valence-corrected chi connectivity index (χ2v) is 5.34. The molecule has 2 aromatic rings. The van der Waals surface area contributed by atoms with Gasteiger partial charge in [0.15, 0.2) is 0 Å². The number of nitrogens with zero attached hydrogens (tertiary/aromatic N) is 3. The molecule has 6 heteroatoms. The van der Waals surface area contributed by atoms with E-state index in [2.05, 4.69) is 10.3 Å². The quantitative estimate of drug-likeness (QED) is 0.785. The number of hydrogen-bond acceptors (Lipinski definition) is 3. The summed E-state index contributed by atoms with van der Waals surface area (Å²) in [5, 5.41) is 8.87. The van der Waals surface area contributed by atoms with Crippen LogP contribution in [0.3, 0.4) is 0 Å². The smallest absolute Gasteiger partial charge is 0.0792 e. The van der Waals surface area contributed by atoms with Gasteiger partial charge in [0.25, 0.3) is 0 Å². The summed E-state index contributed by atoms with van der Waals surface area (Å²) < 4.78 is 22.2. The Morgan fingerprint density at radius 3 is 2.81 bits per heavy atom. The summed E-state index contributed by atoms with van der Waals surface area (Å²) in [6.07, 6.45) is 4.51. The average molecular weight is 237 g/mol. The van der Waals surface area contributed by atoms with Crippen LogP contribution in [0.4, 0.5) is 0 Å². The van der Waals surface area contributed by atoms with Gasteiger partial charge in [-0.05, 0) is 6.07 Å². The van der Waals surface area contributed by atoms with Gasteiger partial charge < -0.3 is 4.55 Å². The fourth-order valence-electron chi connectivity index (χ4n) is 1.37. The molecule has 1 N–H and O–H groups in total. The third-order valence-corrected chi connectivity index (χ3v) is 2.64. The van der Waals surface area contributed by atoms with Crippen molar-refractivity contribution in [1.82, 2.24) is 15.0 Å². The Morgan fingerprint density at radius 1 is 1.44 bits per heavy atom. The third kappa shape index (κ3) is 2.47. The maximum atomic E-state index is 11.3. The van der Waals surface area contributed by atoms with E-state index in [1.807, 2.05) is 12.1 Å². The van der Waals surface area contributed by atoms with Gasteiger partial charge in [-0.2, -0.15) is 0 Å². The van der Waals surface area contributed by atoms with E-state index < -0.39 is 9.80 Å². The van der Waals surface area contributed by atoms with E-state index in [4.69, 9.17) is 0 Å². The number of hydrogen-bond donors (Lipinski definition) is 1. The largest absolute Gasteiger partial charge is 0.314 e. The lowest BCUT2D eigenvalue weighted by Crippen LogP contribution is -2.05. The van der Waals surface area contributed by atoms with Crippen molar-refractivity contribution in [2.24, 2.45) is 0 Å². The van der Waals surface area contributed by atoms with Crippen LogP contribution in [0.5, 0.6) is 0 Å². The highest BCUT2D eigenvalue weighted by molar-refractivity contribution is 7.95. The van der Waals surface area contributed by atoms with E-state index in [0.29, 0.717) is 5.56 Å². The molecule has 0 bridgehead atoms. The van der Waals surface area contributed by atoms with Crippen molar-refractivity contribution in [3.05, 3.63) is 42.2 Å². The minimum atomic E-state index is -2.93. The first-order valence-corrected chi connectivity index (χ1v) is 6.57. The molecule has 0 aliphatic carbocycles. The first-order chi connectivity index (χ1) is 7.56. The molecule has 0 amide bonds. The molecule has 1 aromatic heterocycles. The minimum Gasteiger partial charge on any atom is -0.314 e. The van der Waals surface area contributed by atoms with Gasteiger partial charge in [0, 0.05) is 17.2 Å². The van der Waals surface area contributed by atoms with E-state index in [-0.39, 0.29) is 0 Å². The zero-order valence-electron chi connectivity index (χ0n) is 8.65. The summed E-state index contributed by atoms with van der Waals surface area (Å²) in [5.41, 5.74) is 1.38. The van der Waals surface area contributed by atoms with Crippen molar-refractivity contribution in [2.45, 2.75) is 0 Å². The molecular weight excluding hydrogens is 226 g/mol. The average Bonchev–Trinajstić information content (AvgIpc) is 2.69. The van der Waals surface area contributed by atoms with E-state index in [0.717, 1.165) is 5.69 Å². The zero-order chi connectivity index (χ0) is 11.6. The highest BCUT2D eigenvalue weighted by Crippen LogP contribution is 2.11. The molecule has 16 heavy (non-hydrogen) atoms. The van der Waals surface area contributed by atoms with E-state index in [1.54, 1.807) is 29.2 Å². The molecule has 84 valence electrons. The van der Waals surface area contributed by atoms with Gasteiger partial charge in [0.2, 0.25) is 0 Å². The molecule has 1 unspecified atom stereocenters. The highest BCUT2D eigenvalue weighted by Gasteiger charge is 2.04. The summed E-state index contributed by atoms with van der Waals surface area (Å²) in [4.78, 5) is 0. The predicted octanol–water partition coefficient (Wildman–Crippen LogP) is 0.805. The van der Waals surface area contributed by atoms with Gasteiger partial charge in [-0.15, -0.1) is 5.10 Å². The molecular formula is C10H11N3O2S. The molecule has 0 saturated heterocycles. The van der Waals surface area contributed by atoms with Crippen molar-refractivity contribution >= 4 is 15.2 Å². The Balaban J connectivity index is 2.60. The van der Waals surface area contributed by atoms with E-state index >= 15 is 0 Å². The standard InChI is InChI=1S/C10H11N3O2S/c1-16(14,15)8-9-4-2-3-5-10(9)13-7-6-11-12-13/h2-8H,1H3,(H,14,15). The van der Waals surface area contributed by atoms with Gasteiger partial charge in [-0.1, -0.05) is 23.4 Å². The van der Waals surface area contributed by atoms with E-state index in [9.17, 15) is 8.76 Å². The summed E-state index contributed by atoms with van der Waals surface area (Å²) in [5.74, 6) is 0. The van der Waals surface area contributed by atoms with Gasteiger partial charge >= 0.3 is 0 Å². The lowest BCUT2D eigenvalue weighted by molar-refractivity contribution is 0.566. The second kappa shape index (κ2) is 4.07. The molecule has 1 atom stereocenters. The van der Waals surface area contributed by atoms with Crippen LogP contribution >= 0.6 is 0 Å². The van der Waals surface area contributed by atoms with Crippen molar-refractivity contribution in [3.8, 4) is 5.69 Å². The Labute approximate surface area is 93.6 Å². The van der Waals surface area contributed by atoms with E-state index in [1.165, 1.54) is 11.6 Å². The van der Waals surface area contributed by atoms with Crippen molar-refractivity contribution in [1.29, 1.82) is 0 Å². The first-order valence-electron chi connectivity index (χ1n) is 4.58.